The van der Waals surface area contributed by atoms with Crippen LogP contribution in [0, 0.1) is 0 Å². The van der Waals surface area contributed by atoms with Crippen molar-refractivity contribution in [1.82, 2.24) is 10.6 Å². The Balaban J connectivity index is 0. The second kappa shape index (κ2) is 9.39. The van der Waals surface area contributed by atoms with Crippen LogP contribution in [-0.2, 0) is 10.1 Å². The first kappa shape index (κ1) is 16.3. The fraction of sp³-hybridized carbons (Fsp3) is 1.00. The van der Waals surface area contributed by atoms with Crippen molar-refractivity contribution < 1.29 is 42.5 Å². The summed E-state index contributed by atoms with van der Waals surface area (Å²) in [6.07, 6.45) is 0. The zero-order chi connectivity index (χ0) is 9.45. The molecule has 1 rings (SSSR count). The Morgan fingerprint density at radius 2 is 1.38 bits per heavy atom. The first-order valence-electron chi connectivity index (χ1n) is 3.91. The Hall–Kier alpha value is 0.830. The van der Waals surface area contributed by atoms with Gasteiger partial charge < -0.3 is 15.2 Å². The van der Waals surface area contributed by atoms with Gasteiger partial charge in [-0.1, -0.05) is 6.92 Å². The fourth-order valence-electron chi connectivity index (χ4n) is 0.604. The molecule has 0 aliphatic carbocycles. The molecule has 1 fully saturated rings. The maximum Gasteiger partial charge on any atom is 1.00 e. The maximum atomic E-state index is 9.44. The molecule has 13 heavy (non-hydrogen) atoms. The molecule has 1 aliphatic heterocycles. The van der Waals surface area contributed by atoms with Crippen molar-refractivity contribution >= 4 is 10.1 Å². The van der Waals surface area contributed by atoms with Crippen molar-refractivity contribution in [3.8, 4) is 0 Å². The molecule has 0 aromatic rings. The van der Waals surface area contributed by atoms with Gasteiger partial charge in [0.25, 0.3) is 0 Å². The Morgan fingerprint density at radius 1 is 1.15 bits per heavy atom. The van der Waals surface area contributed by atoms with Gasteiger partial charge >= 0.3 is 29.6 Å². The quantitative estimate of drug-likeness (QED) is 0.344. The van der Waals surface area contributed by atoms with Gasteiger partial charge in [-0.15, -0.1) is 0 Å². The molecule has 0 saturated carbocycles. The Labute approximate surface area is 102 Å². The molecule has 0 atom stereocenters. The maximum absolute atomic E-state index is 9.44. The summed E-state index contributed by atoms with van der Waals surface area (Å²) in [4.78, 5) is 0. The standard InChI is InChI=1S/C4H10N2.C2H6O3S.Na/c1-2-6-4-3-5-1;1-2-6(3,4)5;/h5-6H,1-4H2;2H2,1H3,(H,3,4,5);/q;;+1/p-1. The Bertz CT molecular complexity index is 181. The molecule has 1 saturated heterocycles. The summed E-state index contributed by atoms with van der Waals surface area (Å²) in [5.74, 6) is -0.312. The average molecular weight is 218 g/mol. The summed E-state index contributed by atoms with van der Waals surface area (Å²) < 4.78 is 28.3. The summed E-state index contributed by atoms with van der Waals surface area (Å²) in [6.45, 7) is 5.86. The number of piperazine rings is 1. The van der Waals surface area contributed by atoms with Crippen LogP contribution in [0.15, 0.2) is 0 Å². The summed E-state index contributed by atoms with van der Waals surface area (Å²) in [7, 11) is -3.91. The van der Waals surface area contributed by atoms with E-state index in [2.05, 4.69) is 10.6 Å². The first-order chi connectivity index (χ1) is 5.56. The summed E-state index contributed by atoms with van der Waals surface area (Å²) in [6, 6.07) is 0. The van der Waals surface area contributed by atoms with E-state index in [1.807, 2.05) is 0 Å². The second-order valence-corrected chi connectivity index (χ2v) is 4.04. The second-order valence-electron chi connectivity index (χ2n) is 2.35. The minimum atomic E-state index is -3.91. The SMILES string of the molecule is C1CNCCN1.CCS(=O)(=O)[O-].[Na+]. The van der Waals surface area contributed by atoms with Crippen LogP contribution in [0.4, 0.5) is 0 Å². The van der Waals surface area contributed by atoms with Crippen LogP contribution in [0.2, 0.25) is 0 Å². The number of nitrogens with one attached hydrogen (secondary N) is 2. The molecule has 0 spiro atoms. The van der Waals surface area contributed by atoms with Crippen LogP contribution in [0.25, 0.3) is 0 Å². The van der Waals surface area contributed by atoms with E-state index in [0.717, 1.165) is 26.2 Å². The fourth-order valence-corrected chi connectivity index (χ4v) is 0.604. The number of hydrogen-bond donors (Lipinski definition) is 2. The first-order valence-corrected chi connectivity index (χ1v) is 5.49. The van der Waals surface area contributed by atoms with Crippen LogP contribution in [-0.4, -0.2) is 44.9 Å². The van der Waals surface area contributed by atoms with E-state index in [1.54, 1.807) is 0 Å². The van der Waals surface area contributed by atoms with E-state index in [4.69, 9.17) is 0 Å². The molecule has 0 aromatic carbocycles. The Kier molecular flexibility index (Phi) is 11.7. The zero-order valence-corrected chi connectivity index (χ0v) is 11.0. The molecular weight excluding hydrogens is 203 g/mol. The van der Waals surface area contributed by atoms with Crippen molar-refractivity contribution in [2.45, 2.75) is 6.92 Å². The molecule has 1 heterocycles. The van der Waals surface area contributed by atoms with E-state index in [1.165, 1.54) is 6.92 Å². The van der Waals surface area contributed by atoms with E-state index in [-0.39, 0.29) is 35.3 Å². The third kappa shape index (κ3) is 15.6. The summed E-state index contributed by atoms with van der Waals surface area (Å²) >= 11 is 0. The summed E-state index contributed by atoms with van der Waals surface area (Å²) in [5, 5.41) is 6.44. The van der Waals surface area contributed by atoms with Gasteiger partial charge in [0.1, 0.15) is 0 Å². The minimum Gasteiger partial charge on any atom is -0.748 e. The number of hydrogen-bond acceptors (Lipinski definition) is 5. The molecule has 0 radical (unpaired) electrons. The molecule has 2 N–H and O–H groups in total. The van der Waals surface area contributed by atoms with E-state index in [0.29, 0.717) is 0 Å². The van der Waals surface area contributed by atoms with Crippen molar-refractivity contribution in [2.75, 3.05) is 31.9 Å². The average Bonchev–Trinajstić information content (AvgIpc) is 2.07. The molecule has 5 nitrogen and oxygen atoms in total. The molecule has 1 aliphatic rings. The van der Waals surface area contributed by atoms with Crippen molar-refractivity contribution in [2.24, 2.45) is 0 Å². The van der Waals surface area contributed by atoms with E-state index < -0.39 is 10.1 Å². The van der Waals surface area contributed by atoms with E-state index >= 15 is 0 Å². The normalized spacial score (nSPS) is 16.5. The van der Waals surface area contributed by atoms with Gasteiger partial charge in [-0.25, -0.2) is 8.42 Å². The zero-order valence-electron chi connectivity index (χ0n) is 8.17. The predicted octanol–water partition coefficient (Wildman–Crippen LogP) is -4.27. The molecule has 0 unspecified atom stereocenters. The van der Waals surface area contributed by atoms with Crippen LogP contribution >= 0.6 is 0 Å². The van der Waals surface area contributed by atoms with Gasteiger partial charge in [-0.05, 0) is 0 Å². The van der Waals surface area contributed by atoms with Gasteiger partial charge in [0.15, 0.2) is 0 Å². The smallest absolute Gasteiger partial charge is 0.748 e. The number of rotatable bonds is 1. The topological polar surface area (TPSA) is 81.3 Å². The van der Waals surface area contributed by atoms with Gasteiger partial charge in [0, 0.05) is 31.9 Å². The summed E-state index contributed by atoms with van der Waals surface area (Å²) in [5.41, 5.74) is 0. The van der Waals surface area contributed by atoms with Crippen LogP contribution < -0.4 is 40.2 Å². The molecule has 0 bridgehead atoms. The third-order valence-corrected chi connectivity index (χ3v) is 2.02. The molecule has 74 valence electrons. The van der Waals surface area contributed by atoms with Crippen LogP contribution in [0.1, 0.15) is 6.92 Å². The molecule has 0 aromatic heterocycles. The van der Waals surface area contributed by atoms with Crippen LogP contribution in [0.5, 0.6) is 0 Å². The van der Waals surface area contributed by atoms with Crippen LogP contribution in [0.3, 0.4) is 0 Å². The van der Waals surface area contributed by atoms with Gasteiger partial charge in [-0.3, -0.25) is 0 Å². The van der Waals surface area contributed by atoms with E-state index in [9.17, 15) is 13.0 Å². The van der Waals surface area contributed by atoms with Gasteiger partial charge in [-0.2, -0.15) is 0 Å². The van der Waals surface area contributed by atoms with Crippen molar-refractivity contribution in [3.05, 3.63) is 0 Å². The molecule has 7 heteroatoms. The third-order valence-electron chi connectivity index (χ3n) is 1.31. The van der Waals surface area contributed by atoms with Crippen molar-refractivity contribution in [1.29, 1.82) is 0 Å². The molecule has 0 amide bonds. The van der Waals surface area contributed by atoms with Gasteiger partial charge in [0.05, 0.1) is 10.1 Å². The predicted molar refractivity (Wildman–Crippen MR) is 46.0 cm³/mol. The minimum absolute atomic E-state index is 0. The largest absolute Gasteiger partial charge is 1.00 e. The monoisotopic (exact) mass is 218 g/mol. The van der Waals surface area contributed by atoms with Crippen molar-refractivity contribution in [3.63, 3.8) is 0 Å². The molecular formula is C6H15N2NaO3S. The van der Waals surface area contributed by atoms with Gasteiger partial charge in [0.2, 0.25) is 0 Å². The Morgan fingerprint density at radius 3 is 1.46 bits per heavy atom.